The van der Waals surface area contributed by atoms with Gasteiger partial charge in [0.05, 0.1) is 10.7 Å². The molecule has 18 heavy (non-hydrogen) atoms. The molecular formula is C13H12BrClN2S. The monoisotopic (exact) mass is 342 g/mol. The van der Waals surface area contributed by atoms with Crippen LogP contribution in [0.3, 0.4) is 0 Å². The molecule has 3 rings (SSSR count). The Morgan fingerprint density at radius 1 is 1.44 bits per heavy atom. The molecule has 1 atom stereocenters. The minimum Gasteiger partial charge on any atom is -0.323 e. The predicted molar refractivity (Wildman–Crippen MR) is 80.1 cm³/mol. The van der Waals surface area contributed by atoms with Crippen molar-refractivity contribution in [3.63, 3.8) is 0 Å². The summed E-state index contributed by atoms with van der Waals surface area (Å²) in [4.78, 5) is 6.04. The van der Waals surface area contributed by atoms with Crippen LogP contribution >= 0.6 is 38.9 Å². The first kappa shape index (κ1) is 12.6. The van der Waals surface area contributed by atoms with Crippen molar-refractivity contribution < 1.29 is 0 Å². The standard InChI is InChI=1S/C13H12BrClN2S/c14-8-6-7(4-5-9(8)15)13-17-12-10(16)2-1-3-11(12)18-13/h4-6,10H,1-3,16H2. The van der Waals surface area contributed by atoms with Crippen molar-refractivity contribution in [3.8, 4) is 10.6 Å². The molecule has 0 amide bonds. The predicted octanol–water partition coefficient (Wildman–Crippen LogP) is 4.56. The van der Waals surface area contributed by atoms with E-state index in [9.17, 15) is 0 Å². The number of fused-ring (bicyclic) bond motifs is 1. The van der Waals surface area contributed by atoms with E-state index < -0.39 is 0 Å². The topological polar surface area (TPSA) is 38.9 Å². The summed E-state index contributed by atoms with van der Waals surface area (Å²) in [6.07, 6.45) is 3.32. The maximum Gasteiger partial charge on any atom is 0.123 e. The second kappa shape index (κ2) is 4.93. The van der Waals surface area contributed by atoms with Gasteiger partial charge in [-0.25, -0.2) is 4.98 Å². The Morgan fingerprint density at radius 3 is 3.00 bits per heavy atom. The van der Waals surface area contributed by atoms with Gasteiger partial charge in [0.25, 0.3) is 0 Å². The molecule has 1 heterocycles. The summed E-state index contributed by atoms with van der Waals surface area (Å²) in [6, 6.07) is 6.01. The summed E-state index contributed by atoms with van der Waals surface area (Å²) < 4.78 is 0.902. The number of nitrogens with two attached hydrogens (primary N) is 1. The number of rotatable bonds is 1. The number of halogens is 2. The van der Waals surface area contributed by atoms with Crippen LogP contribution in [-0.2, 0) is 6.42 Å². The van der Waals surface area contributed by atoms with Gasteiger partial charge in [0.15, 0.2) is 0 Å². The van der Waals surface area contributed by atoms with Crippen molar-refractivity contribution in [3.05, 3.63) is 38.3 Å². The molecule has 1 unspecified atom stereocenters. The number of hydrogen-bond acceptors (Lipinski definition) is 3. The van der Waals surface area contributed by atoms with Crippen LogP contribution in [0.5, 0.6) is 0 Å². The molecule has 2 aromatic rings. The smallest absolute Gasteiger partial charge is 0.123 e. The minimum atomic E-state index is 0.106. The van der Waals surface area contributed by atoms with Gasteiger partial charge in [0.1, 0.15) is 5.01 Å². The molecule has 2 nitrogen and oxygen atoms in total. The van der Waals surface area contributed by atoms with Crippen molar-refractivity contribution in [2.75, 3.05) is 0 Å². The van der Waals surface area contributed by atoms with E-state index in [1.54, 1.807) is 11.3 Å². The summed E-state index contributed by atoms with van der Waals surface area (Å²) in [5.41, 5.74) is 8.29. The van der Waals surface area contributed by atoms with Gasteiger partial charge in [0, 0.05) is 21.0 Å². The van der Waals surface area contributed by atoms with Crippen molar-refractivity contribution >= 4 is 38.9 Å². The molecule has 0 spiro atoms. The summed E-state index contributed by atoms with van der Waals surface area (Å²) in [5, 5.41) is 1.76. The van der Waals surface area contributed by atoms with Crippen LogP contribution < -0.4 is 5.73 Å². The molecule has 0 bridgehead atoms. The molecular weight excluding hydrogens is 332 g/mol. The number of aryl methyl sites for hydroxylation is 1. The number of thiazole rings is 1. The number of hydrogen-bond donors (Lipinski definition) is 1. The quantitative estimate of drug-likeness (QED) is 0.824. The molecule has 0 fully saturated rings. The highest BCUT2D eigenvalue weighted by molar-refractivity contribution is 9.10. The van der Waals surface area contributed by atoms with Crippen LogP contribution in [0.15, 0.2) is 22.7 Å². The third-order valence-corrected chi connectivity index (χ3v) is 5.56. The van der Waals surface area contributed by atoms with Gasteiger partial charge in [-0.2, -0.15) is 0 Å². The molecule has 0 radical (unpaired) electrons. The van der Waals surface area contributed by atoms with E-state index in [0.29, 0.717) is 0 Å². The molecule has 2 N–H and O–H groups in total. The number of aromatic nitrogens is 1. The Labute approximate surface area is 123 Å². The van der Waals surface area contributed by atoms with Gasteiger partial charge in [-0.05, 0) is 47.3 Å². The number of benzene rings is 1. The van der Waals surface area contributed by atoms with Crippen LogP contribution in [0.1, 0.15) is 29.5 Å². The fraction of sp³-hybridized carbons (Fsp3) is 0.308. The van der Waals surface area contributed by atoms with E-state index in [2.05, 4.69) is 15.9 Å². The zero-order valence-electron chi connectivity index (χ0n) is 9.62. The minimum absolute atomic E-state index is 0.106. The highest BCUT2D eigenvalue weighted by Gasteiger charge is 2.22. The van der Waals surface area contributed by atoms with Crippen molar-refractivity contribution in [1.82, 2.24) is 4.98 Å². The van der Waals surface area contributed by atoms with E-state index in [1.165, 1.54) is 11.3 Å². The van der Waals surface area contributed by atoms with Crippen LogP contribution in [-0.4, -0.2) is 4.98 Å². The first-order chi connectivity index (χ1) is 8.65. The van der Waals surface area contributed by atoms with E-state index in [4.69, 9.17) is 22.3 Å². The summed E-state index contributed by atoms with van der Waals surface area (Å²) in [7, 11) is 0. The molecule has 1 aliphatic carbocycles. The van der Waals surface area contributed by atoms with Gasteiger partial charge in [0.2, 0.25) is 0 Å². The van der Waals surface area contributed by atoms with E-state index in [1.807, 2.05) is 18.2 Å². The van der Waals surface area contributed by atoms with E-state index in [-0.39, 0.29) is 6.04 Å². The Kier molecular flexibility index (Phi) is 3.45. The van der Waals surface area contributed by atoms with Gasteiger partial charge in [-0.1, -0.05) is 17.7 Å². The second-order valence-corrected chi connectivity index (χ2v) is 6.80. The van der Waals surface area contributed by atoms with Crippen LogP contribution in [0, 0.1) is 0 Å². The lowest BCUT2D eigenvalue weighted by molar-refractivity contribution is 0.564. The van der Waals surface area contributed by atoms with Crippen molar-refractivity contribution in [2.24, 2.45) is 5.73 Å². The summed E-state index contributed by atoms with van der Waals surface area (Å²) in [6.45, 7) is 0. The van der Waals surface area contributed by atoms with Gasteiger partial charge >= 0.3 is 0 Å². The Hall–Kier alpha value is -0.420. The highest BCUT2D eigenvalue weighted by atomic mass is 79.9. The van der Waals surface area contributed by atoms with E-state index >= 15 is 0 Å². The van der Waals surface area contributed by atoms with Gasteiger partial charge < -0.3 is 5.73 Å². The third kappa shape index (κ3) is 2.23. The van der Waals surface area contributed by atoms with E-state index in [0.717, 1.165) is 38.6 Å². The van der Waals surface area contributed by atoms with Gasteiger partial charge in [-0.15, -0.1) is 11.3 Å². The summed E-state index contributed by atoms with van der Waals surface area (Å²) in [5.74, 6) is 0. The molecule has 0 saturated heterocycles. The molecule has 0 aliphatic heterocycles. The average molecular weight is 344 g/mol. The lowest BCUT2D eigenvalue weighted by Crippen LogP contribution is -2.16. The normalized spacial score (nSPS) is 18.7. The Bertz CT molecular complexity index is 597. The lowest BCUT2D eigenvalue weighted by Gasteiger charge is -2.15. The fourth-order valence-corrected chi connectivity index (χ4v) is 3.87. The maximum absolute atomic E-state index is 6.11. The summed E-state index contributed by atoms with van der Waals surface area (Å²) >= 11 is 11.2. The van der Waals surface area contributed by atoms with Crippen molar-refractivity contribution in [2.45, 2.75) is 25.3 Å². The second-order valence-electron chi connectivity index (χ2n) is 4.46. The van der Waals surface area contributed by atoms with Crippen LogP contribution in [0.25, 0.3) is 10.6 Å². The first-order valence-electron chi connectivity index (χ1n) is 5.86. The molecule has 94 valence electrons. The third-order valence-electron chi connectivity index (χ3n) is 3.16. The van der Waals surface area contributed by atoms with Gasteiger partial charge in [-0.3, -0.25) is 0 Å². The first-order valence-corrected chi connectivity index (χ1v) is 7.84. The lowest BCUT2D eigenvalue weighted by atomic mass is 9.99. The zero-order chi connectivity index (χ0) is 12.7. The fourth-order valence-electron chi connectivity index (χ4n) is 2.20. The maximum atomic E-state index is 6.11. The number of nitrogens with zero attached hydrogens (tertiary/aromatic N) is 1. The highest BCUT2D eigenvalue weighted by Crippen LogP contribution is 2.37. The Morgan fingerprint density at radius 2 is 2.28 bits per heavy atom. The molecule has 1 aliphatic rings. The SMILES string of the molecule is NC1CCCc2sc(-c3ccc(Cl)c(Br)c3)nc21. The molecule has 1 aromatic heterocycles. The molecule has 1 aromatic carbocycles. The molecule has 5 heteroatoms. The Balaban J connectivity index is 2.04. The molecule has 0 saturated carbocycles. The largest absolute Gasteiger partial charge is 0.323 e. The van der Waals surface area contributed by atoms with Crippen molar-refractivity contribution in [1.29, 1.82) is 0 Å². The van der Waals surface area contributed by atoms with Crippen LogP contribution in [0.2, 0.25) is 5.02 Å². The van der Waals surface area contributed by atoms with Crippen LogP contribution in [0.4, 0.5) is 0 Å². The zero-order valence-corrected chi connectivity index (χ0v) is 12.8. The average Bonchev–Trinajstić information content (AvgIpc) is 2.78.